The number of aromatic nitrogens is 4. The van der Waals surface area contributed by atoms with Crippen LogP contribution in [0.25, 0.3) is 22.6 Å². The maximum Gasteiger partial charge on any atom is 0.306 e. The number of benzene rings is 2. The first kappa shape index (κ1) is 27.8. The van der Waals surface area contributed by atoms with E-state index in [2.05, 4.69) is 9.97 Å². The van der Waals surface area contributed by atoms with Gasteiger partial charge in [-0.2, -0.15) is 4.98 Å². The summed E-state index contributed by atoms with van der Waals surface area (Å²) in [4.78, 5) is 24.7. The monoisotopic (exact) mass is 570 g/mol. The van der Waals surface area contributed by atoms with Crippen molar-refractivity contribution in [2.75, 3.05) is 6.61 Å². The fourth-order valence-electron chi connectivity index (χ4n) is 4.23. The summed E-state index contributed by atoms with van der Waals surface area (Å²) in [5, 5.41) is 9.42. The van der Waals surface area contributed by atoms with E-state index in [4.69, 9.17) is 31.2 Å². The highest BCUT2D eigenvalue weighted by atomic mass is 35.5. The van der Waals surface area contributed by atoms with Crippen molar-refractivity contribution in [3.8, 4) is 23.0 Å². The largest absolute Gasteiger partial charge is 0.494 e. The van der Waals surface area contributed by atoms with Crippen LogP contribution in [0.1, 0.15) is 51.2 Å². The van der Waals surface area contributed by atoms with Crippen LogP contribution in [0.5, 0.6) is 11.6 Å². The summed E-state index contributed by atoms with van der Waals surface area (Å²) < 4.78 is 41.8. The van der Waals surface area contributed by atoms with Crippen molar-refractivity contribution in [1.29, 1.82) is 0 Å². The van der Waals surface area contributed by atoms with Crippen LogP contribution >= 0.6 is 11.6 Å². The maximum atomic E-state index is 14.1. The summed E-state index contributed by atoms with van der Waals surface area (Å²) in [5.41, 5.74) is 1.75. The summed E-state index contributed by atoms with van der Waals surface area (Å²) in [7, 11) is 0. The van der Waals surface area contributed by atoms with Gasteiger partial charge in [0, 0.05) is 18.1 Å². The normalized spacial score (nSPS) is 15.2. The van der Waals surface area contributed by atoms with Gasteiger partial charge in [-0.25, -0.2) is 18.7 Å². The Morgan fingerprint density at radius 2 is 2.00 bits per heavy atom. The Hall–Kier alpha value is -3.79. The van der Waals surface area contributed by atoms with Crippen molar-refractivity contribution >= 4 is 28.7 Å². The van der Waals surface area contributed by atoms with E-state index < -0.39 is 17.8 Å². The minimum absolute atomic E-state index is 0.0898. The lowest BCUT2D eigenvalue weighted by Gasteiger charge is -2.15. The number of hydrogen-bond donors (Lipinski definition) is 1. The van der Waals surface area contributed by atoms with Crippen molar-refractivity contribution in [3.05, 3.63) is 64.9 Å². The molecule has 0 aliphatic heterocycles. The van der Waals surface area contributed by atoms with Crippen molar-refractivity contribution in [2.24, 2.45) is 5.92 Å². The second-order valence-electron chi connectivity index (χ2n) is 10.5. The molecular formula is C29H29ClF2N4O4. The molecule has 5 rings (SSSR count). The molecule has 0 spiro atoms. The van der Waals surface area contributed by atoms with Gasteiger partial charge in [0.1, 0.15) is 23.5 Å². The Morgan fingerprint density at radius 3 is 2.67 bits per heavy atom. The Labute approximate surface area is 234 Å². The van der Waals surface area contributed by atoms with Crippen LogP contribution in [0.15, 0.2) is 48.8 Å². The first-order valence-electron chi connectivity index (χ1n) is 13.0. The number of ether oxygens (including phenoxy) is 2. The fourth-order valence-corrected chi connectivity index (χ4v) is 4.48. The van der Waals surface area contributed by atoms with Crippen molar-refractivity contribution in [1.82, 2.24) is 19.5 Å². The van der Waals surface area contributed by atoms with Gasteiger partial charge in [0.05, 0.1) is 24.1 Å². The molecule has 0 bridgehead atoms. The molecule has 1 aliphatic carbocycles. The summed E-state index contributed by atoms with van der Waals surface area (Å²) in [6.45, 7) is 4.90. The molecule has 1 saturated carbocycles. The Kier molecular flexibility index (Phi) is 7.39. The van der Waals surface area contributed by atoms with Crippen molar-refractivity contribution in [3.63, 3.8) is 0 Å². The Bertz CT molecular complexity index is 1570. The molecule has 11 heteroatoms. The minimum Gasteiger partial charge on any atom is -0.494 e. The van der Waals surface area contributed by atoms with Crippen LogP contribution in [0.3, 0.4) is 0 Å². The van der Waals surface area contributed by atoms with Gasteiger partial charge in [-0.05, 0) is 56.0 Å². The molecule has 4 aromatic rings. The molecule has 0 amide bonds. The molecule has 1 fully saturated rings. The van der Waals surface area contributed by atoms with Gasteiger partial charge in [-0.1, -0.05) is 36.7 Å². The molecule has 8 nitrogen and oxygen atoms in total. The number of imidazole rings is 1. The zero-order valence-corrected chi connectivity index (χ0v) is 23.1. The molecule has 0 saturated heterocycles. The number of fused-ring (bicyclic) bond motifs is 1. The Balaban J connectivity index is 1.53. The maximum absolute atomic E-state index is 14.1. The second kappa shape index (κ2) is 10.6. The molecule has 210 valence electrons. The van der Waals surface area contributed by atoms with Gasteiger partial charge in [-0.3, -0.25) is 4.79 Å². The lowest BCUT2D eigenvalue weighted by molar-refractivity contribution is -0.141. The predicted molar refractivity (Wildman–Crippen MR) is 146 cm³/mol. The third-order valence-electron chi connectivity index (χ3n) is 6.99. The number of carboxylic acids is 1. The third kappa shape index (κ3) is 6.01. The van der Waals surface area contributed by atoms with Crippen molar-refractivity contribution < 1.29 is 28.2 Å². The van der Waals surface area contributed by atoms with Crippen LogP contribution in [-0.4, -0.2) is 42.8 Å². The molecule has 1 unspecified atom stereocenters. The molecule has 2 heterocycles. The molecule has 1 aliphatic rings. The van der Waals surface area contributed by atoms with E-state index in [9.17, 15) is 13.6 Å². The first-order valence-corrected chi connectivity index (χ1v) is 13.3. The van der Waals surface area contributed by atoms with E-state index in [1.807, 2.05) is 11.5 Å². The number of aliphatic carboxylic acids is 1. The number of rotatable bonds is 11. The van der Waals surface area contributed by atoms with Gasteiger partial charge in [0.15, 0.2) is 11.2 Å². The third-order valence-corrected chi connectivity index (χ3v) is 7.31. The highest BCUT2D eigenvalue weighted by Crippen LogP contribution is 2.41. The number of carbonyl (C=O) groups is 1. The minimum atomic E-state index is -2.99. The van der Waals surface area contributed by atoms with E-state index in [-0.39, 0.29) is 24.3 Å². The van der Waals surface area contributed by atoms with Gasteiger partial charge in [0.2, 0.25) is 5.88 Å². The lowest BCUT2D eigenvalue weighted by Crippen LogP contribution is -2.13. The zero-order valence-electron chi connectivity index (χ0n) is 22.3. The smallest absolute Gasteiger partial charge is 0.306 e. The first-order chi connectivity index (χ1) is 18.9. The molecule has 2 aromatic heterocycles. The number of hydrogen-bond acceptors (Lipinski definition) is 6. The second-order valence-corrected chi connectivity index (χ2v) is 10.9. The van der Waals surface area contributed by atoms with E-state index >= 15 is 0 Å². The highest BCUT2D eigenvalue weighted by Gasteiger charge is 2.41. The van der Waals surface area contributed by atoms with E-state index in [0.717, 1.165) is 19.8 Å². The fraction of sp³-hybridized carbons (Fsp3) is 0.379. The van der Waals surface area contributed by atoms with Crippen LogP contribution in [0.4, 0.5) is 8.78 Å². The topological polar surface area (TPSA) is 99.4 Å². The van der Waals surface area contributed by atoms with E-state index in [1.54, 1.807) is 37.3 Å². The van der Waals surface area contributed by atoms with Crippen molar-refractivity contribution in [2.45, 2.75) is 58.1 Å². The van der Waals surface area contributed by atoms with Crippen LogP contribution in [-0.2, 0) is 17.3 Å². The molecule has 2 aromatic carbocycles. The molecular weight excluding hydrogens is 542 g/mol. The molecule has 1 atom stereocenters. The van der Waals surface area contributed by atoms with E-state index in [0.29, 0.717) is 51.2 Å². The standard InChI is InChI=1S/C29H29ClF2N4O4/c1-17(27(37)38)9-12-39-20-7-8-21(22(30)14-20)24-35-23-25(33-16-34-26(23)40-28(2)10-11-28)36(24)15-18-5-4-6-19(13-18)29(3,31)32/h4-8,13-14,16-17H,9-12,15H2,1-3H3,(H,37,38). The van der Waals surface area contributed by atoms with Gasteiger partial charge < -0.3 is 19.1 Å². The van der Waals surface area contributed by atoms with Gasteiger partial charge >= 0.3 is 5.97 Å². The predicted octanol–water partition coefficient (Wildman–Crippen LogP) is 6.73. The quantitative estimate of drug-likeness (QED) is 0.213. The van der Waals surface area contributed by atoms with Crippen LogP contribution in [0.2, 0.25) is 5.02 Å². The lowest BCUT2D eigenvalue weighted by atomic mass is 10.1. The van der Waals surface area contributed by atoms with E-state index in [1.165, 1.54) is 18.5 Å². The van der Waals surface area contributed by atoms with Gasteiger partial charge in [0.25, 0.3) is 5.92 Å². The molecule has 1 N–H and O–H groups in total. The summed E-state index contributed by atoms with van der Waals surface area (Å²) in [6.07, 6.45) is 3.56. The van der Waals surface area contributed by atoms with Crippen LogP contribution < -0.4 is 9.47 Å². The SMILES string of the molecule is CC(CCOc1ccc(-c2nc3c(OC4(C)CC4)ncnc3n2Cc2cccc(C(C)(F)F)c2)c(Cl)c1)C(=O)O. The summed E-state index contributed by atoms with van der Waals surface area (Å²) in [6, 6.07) is 11.3. The average molecular weight is 571 g/mol. The summed E-state index contributed by atoms with van der Waals surface area (Å²) >= 11 is 6.71. The summed E-state index contributed by atoms with van der Waals surface area (Å²) in [5.74, 6) is -3.10. The highest BCUT2D eigenvalue weighted by molar-refractivity contribution is 6.33. The van der Waals surface area contributed by atoms with Crippen LogP contribution in [0, 0.1) is 5.92 Å². The zero-order chi connectivity index (χ0) is 28.7. The molecule has 40 heavy (non-hydrogen) atoms. The number of alkyl halides is 2. The molecule has 0 radical (unpaired) electrons. The number of nitrogens with zero attached hydrogens (tertiary/aromatic N) is 4. The average Bonchev–Trinajstić information content (AvgIpc) is 3.51. The van der Waals surface area contributed by atoms with Gasteiger partial charge in [-0.15, -0.1) is 0 Å². The Morgan fingerprint density at radius 1 is 1.23 bits per heavy atom. The number of carboxylic acid groups (broad SMARTS) is 1. The number of halogens is 3.